The van der Waals surface area contributed by atoms with Crippen molar-refractivity contribution in [3.05, 3.63) is 95.6 Å². The van der Waals surface area contributed by atoms with E-state index < -0.39 is 10.6 Å². The number of carbonyl (C=O) groups is 2. The topological polar surface area (TPSA) is 90.3 Å². The number of methoxy groups -OCH3 is 1. The predicted octanol–water partition coefficient (Wildman–Crippen LogP) is 4.53. The molecular formula is C27H30N2O5S. The second kappa shape index (κ2) is 10.5. The second-order valence-corrected chi connectivity index (χ2v) is 10.9. The Bertz CT molecular complexity index is 1180. The van der Waals surface area contributed by atoms with Gasteiger partial charge in [0, 0.05) is 24.9 Å². The van der Waals surface area contributed by atoms with Gasteiger partial charge in [0.25, 0.3) is 5.91 Å². The molecule has 2 N–H and O–H groups in total. The molecule has 3 aromatic rings. The third-order valence-corrected chi connectivity index (χ3v) is 7.32. The number of rotatable bonds is 7. The monoisotopic (exact) mass is 494 g/mol. The number of amides is 2. The summed E-state index contributed by atoms with van der Waals surface area (Å²) < 4.78 is 25.0. The van der Waals surface area contributed by atoms with Gasteiger partial charge in [-0.3, -0.25) is 18.7 Å². The molecule has 0 unspecified atom stereocenters. The number of piperazine rings is 1. The SMILES string of the molecule is COc1cccc(CN2C(=O)CN(C(=O)c3ccc(S(C)(O)O)cc3)C[C@@H]2Cc2ccccc2)c1. The predicted molar refractivity (Wildman–Crippen MR) is 137 cm³/mol. The second-order valence-electron chi connectivity index (χ2n) is 8.76. The largest absolute Gasteiger partial charge is 0.497 e. The lowest BCUT2D eigenvalue weighted by molar-refractivity contribution is -0.139. The number of hydrogen-bond acceptors (Lipinski definition) is 5. The Kier molecular flexibility index (Phi) is 7.45. The van der Waals surface area contributed by atoms with E-state index in [9.17, 15) is 18.7 Å². The van der Waals surface area contributed by atoms with E-state index in [2.05, 4.69) is 0 Å². The average molecular weight is 495 g/mol. The van der Waals surface area contributed by atoms with Crippen molar-refractivity contribution in [3.63, 3.8) is 0 Å². The molecule has 7 nitrogen and oxygen atoms in total. The highest BCUT2D eigenvalue weighted by Gasteiger charge is 2.35. The van der Waals surface area contributed by atoms with Crippen LogP contribution < -0.4 is 4.74 Å². The molecule has 3 aromatic carbocycles. The van der Waals surface area contributed by atoms with E-state index in [0.717, 1.165) is 16.9 Å². The highest BCUT2D eigenvalue weighted by atomic mass is 32.3. The summed E-state index contributed by atoms with van der Waals surface area (Å²) in [6, 6.07) is 23.6. The van der Waals surface area contributed by atoms with E-state index >= 15 is 0 Å². The minimum Gasteiger partial charge on any atom is -0.497 e. The van der Waals surface area contributed by atoms with Crippen LogP contribution in [0, 0.1) is 0 Å². The Hall–Kier alpha value is -3.33. The standard InChI is InChI=1S/C27H30N2O5S/c1-34-24-10-6-9-21(16-24)17-29-23(15-20-7-4-3-5-8-20)18-28(19-26(29)30)27(31)22-11-13-25(14-12-22)35(2,32)33/h3-14,16,23,32-33H,15,17-19H2,1-2H3/t23-/m0/s1. The first-order valence-corrected chi connectivity index (χ1v) is 13.3. The van der Waals surface area contributed by atoms with E-state index in [1.165, 1.54) is 6.26 Å². The Morgan fingerprint density at radius 1 is 1.00 bits per heavy atom. The van der Waals surface area contributed by atoms with Crippen LogP contribution >= 0.6 is 10.6 Å². The van der Waals surface area contributed by atoms with Crippen molar-refractivity contribution in [1.29, 1.82) is 0 Å². The first kappa shape index (κ1) is 24.8. The van der Waals surface area contributed by atoms with Gasteiger partial charge >= 0.3 is 0 Å². The van der Waals surface area contributed by atoms with E-state index in [-0.39, 0.29) is 24.4 Å². The van der Waals surface area contributed by atoms with Crippen molar-refractivity contribution in [2.45, 2.75) is 23.9 Å². The van der Waals surface area contributed by atoms with Gasteiger partial charge in [-0.15, -0.1) is 0 Å². The molecule has 35 heavy (non-hydrogen) atoms. The molecule has 0 bridgehead atoms. The molecule has 2 amide bonds. The molecule has 1 saturated heterocycles. The molecule has 0 radical (unpaired) electrons. The van der Waals surface area contributed by atoms with Gasteiger partial charge in [-0.2, -0.15) is 10.6 Å². The average Bonchev–Trinajstić information content (AvgIpc) is 2.86. The third-order valence-electron chi connectivity index (χ3n) is 6.15. The van der Waals surface area contributed by atoms with Gasteiger partial charge in [-0.25, -0.2) is 0 Å². The number of benzene rings is 3. The summed E-state index contributed by atoms with van der Waals surface area (Å²) in [6.07, 6.45) is 1.97. The van der Waals surface area contributed by atoms with Gasteiger partial charge in [-0.1, -0.05) is 42.5 Å². The number of hydrogen-bond donors (Lipinski definition) is 2. The van der Waals surface area contributed by atoms with E-state index in [0.29, 0.717) is 30.0 Å². The van der Waals surface area contributed by atoms with Gasteiger partial charge in [-0.05, 0) is 53.9 Å². The summed E-state index contributed by atoms with van der Waals surface area (Å²) in [7, 11) is -1.25. The van der Waals surface area contributed by atoms with Crippen LogP contribution in [0.3, 0.4) is 0 Å². The minimum atomic E-state index is -2.86. The molecule has 184 valence electrons. The van der Waals surface area contributed by atoms with E-state index in [1.807, 2.05) is 59.5 Å². The fourth-order valence-electron chi connectivity index (χ4n) is 4.31. The molecule has 0 aromatic heterocycles. The number of carbonyl (C=O) groups excluding carboxylic acids is 2. The highest BCUT2D eigenvalue weighted by Crippen LogP contribution is 2.43. The summed E-state index contributed by atoms with van der Waals surface area (Å²) in [6.45, 7) is 0.811. The Balaban J connectivity index is 1.57. The van der Waals surface area contributed by atoms with Gasteiger partial charge in [0.2, 0.25) is 5.91 Å². The fraction of sp³-hybridized carbons (Fsp3) is 0.259. The highest BCUT2D eigenvalue weighted by molar-refractivity contribution is 8.23. The smallest absolute Gasteiger partial charge is 0.254 e. The van der Waals surface area contributed by atoms with Gasteiger partial charge < -0.3 is 14.5 Å². The summed E-state index contributed by atoms with van der Waals surface area (Å²) in [5.41, 5.74) is 2.46. The molecule has 8 heteroatoms. The van der Waals surface area contributed by atoms with Crippen LogP contribution in [0.1, 0.15) is 21.5 Å². The van der Waals surface area contributed by atoms with Crippen LogP contribution in [0.5, 0.6) is 5.75 Å². The van der Waals surface area contributed by atoms with Gasteiger partial charge in [0.15, 0.2) is 0 Å². The lowest BCUT2D eigenvalue weighted by atomic mass is 10.00. The first-order valence-electron chi connectivity index (χ1n) is 11.3. The quantitative estimate of drug-likeness (QED) is 0.504. The van der Waals surface area contributed by atoms with Crippen LogP contribution in [0.2, 0.25) is 0 Å². The van der Waals surface area contributed by atoms with Crippen LogP contribution in [-0.2, 0) is 17.8 Å². The van der Waals surface area contributed by atoms with Crippen molar-refractivity contribution in [3.8, 4) is 5.75 Å². The molecule has 1 aliphatic rings. The van der Waals surface area contributed by atoms with Gasteiger partial charge in [0.1, 0.15) is 12.3 Å². The molecular weight excluding hydrogens is 464 g/mol. The molecule has 1 heterocycles. The summed E-state index contributed by atoms with van der Waals surface area (Å²) in [5.74, 6) is 0.361. The zero-order chi connectivity index (χ0) is 25.0. The number of ether oxygens (including phenoxy) is 1. The molecule has 1 fully saturated rings. The van der Waals surface area contributed by atoms with Crippen LogP contribution in [-0.4, -0.2) is 63.2 Å². The maximum absolute atomic E-state index is 13.3. The Morgan fingerprint density at radius 2 is 1.69 bits per heavy atom. The van der Waals surface area contributed by atoms with E-state index in [4.69, 9.17) is 4.74 Å². The van der Waals surface area contributed by atoms with Crippen molar-refractivity contribution in [2.75, 3.05) is 26.5 Å². The Morgan fingerprint density at radius 3 is 2.34 bits per heavy atom. The zero-order valence-corrected chi connectivity index (χ0v) is 20.6. The van der Waals surface area contributed by atoms with E-state index in [1.54, 1.807) is 36.3 Å². The lowest BCUT2D eigenvalue weighted by Crippen LogP contribution is -2.58. The molecule has 1 aliphatic heterocycles. The molecule has 1 atom stereocenters. The van der Waals surface area contributed by atoms with Crippen molar-refractivity contribution in [2.24, 2.45) is 0 Å². The maximum atomic E-state index is 13.3. The normalized spacial score (nSPS) is 16.8. The van der Waals surface area contributed by atoms with Gasteiger partial charge in [0.05, 0.1) is 18.0 Å². The lowest BCUT2D eigenvalue weighted by Gasteiger charge is -2.41. The van der Waals surface area contributed by atoms with Crippen molar-refractivity contribution < 1.29 is 23.4 Å². The number of nitrogens with zero attached hydrogens (tertiary/aromatic N) is 2. The maximum Gasteiger partial charge on any atom is 0.254 e. The van der Waals surface area contributed by atoms with Crippen molar-refractivity contribution >= 4 is 22.4 Å². The molecule has 0 spiro atoms. The van der Waals surface area contributed by atoms with Crippen LogP contribution in [0.25, 0.3) is 0 Å². The van der Waals surface area contributed by atoms with Crippen LogP contribution in [0.15, 0.2) is 83.8 Å². The molecule has 4 rings (SSSR count). The summed E-state index contributed by atoms with van der Waals surface area (Å²) in [4.78, 5) is 30.4. The minimum absolute atomic E-state index is 0.0151. The third kappa shape index (κ3) is 6.03. The molecule has 0 saturated carbocycles. The fourth-order valence-corrected chi connectivity index (χ4v) is 4.97. The zero-order valence-electron chi connectivity index (χ0n) is 19.8. The Labute approximate surface area is 207 Å². The molecule has 0 aliphatic carbocycles. The first-order chi connectivity index (χ1) is 16.7. The van der Waals surface area contributed by atoms with Crippen molar-refractivity contribution in [1.82, 2.24) is 9.80 Å². The van der Waals surface area contributed by atoms with Crippen LogP contribution in [0.4, 0.5) is 0 Å². The summed E-state index contributed by atoms with van der Waals surface area (Å²) in [5, 5.41) is 0. The summed E-state index contributed by atoms with van der Waals surface area (Å²) >= 11 is 0.